The molecule has 7 heteroatoms. The molecule has 1 saturated carbocycles. The minimum atomic E-state index is -0.540. The number of piperidine rings is 1. The minimum Gasteiger partial charge on any atom is -0.444 e. The Morgan fingerprint density at radius 2 is 1.68 bits per heavy atom. The van der Waals surface area contributed by atoms with Crippen LogP contribution >= 0.6 is 0 Å². The molecule has 4 fully saturated rings. The number of amides is 2. The third kappa shape index (κ3) is 5.39. The van der Waals surface area contributed by atoms with Gasteiger partial charge in [0.15, 0.2) is 0 Å². The Morgan fingerprint density at radius 1 is 1.00 bits per heavy atom. The van der Waals surface area contributed by atoms with Crippen LogP contribution in [0.15, 0.2) is 18.2 Å². The second-order valence-corrected chi connectivity index (χ2v) is 12.9. The summed E-state index contributed by atoms with van der Waals surface area (Å²) in [5.74, 6) is 0.114. The molecular formula is C30H44FN3O3. The Balaban J connectivity index is 1.19. The molecule has 0 unspecified atom stereocenters. The third-order valence-corrected chi connectivity index (χ3v) is 9.39. The summed E-state index contributed by atoms with van der Waals surface area (Å²) in [6, 6.07) is 6.93. The van der Waals surface area contributed by atoms with E-state index in [1.165, 1.54) is 32.2 Å². The van der Waals surface area contributed by atoms with Crippen LogP contribution in [0.3, 0.4) is 0 Å². The molecule has 1 aromatic rings. The van der Waals surface area contributed by atoms with Gasteiger partial charge in [0.2, 0.25) is 5.91 Å². The molecule has 1 aliphatic carbocycles. The summed E-state index contributed by atoms with van der Waals surface area (Å²) in [6.07, 6.45) is 8.78. The van der Waals surface area contributed by atoms with E-state index < -0.39 is 11.0 Å². The lowest BCUT2D eigenvalue weighted by Gasteiger charge is -2.38. The van der Waals surface area contributed by atoms with Gasteiger partial charge in [0.25, 0.3) is 0 Å². The van der Waals surface area contributed by atoms with Crippen molar-refractivity contribution in [1.29, 1.82) is 0 Å². The first-order valence-electron chi connectivity index (χ1n) is 14.4. The summed E-state index contributed by atoms with van der Waals surface area (Å²) < 4.78 is 20.9. The van der Waals surface area contributed by atoms with Crippen molar-refractivity contribution in [1.82, 2.24) is 9.80 Å². The van der Waals surface area contributed by atoms with Crippen molar-refractivity contribution in [3.05, 3.63) is 29.6 Å². The Bertz CT molecular complexity index is 1010. The number of carbonyl (C=O) groups excluding carboxylic acids is 2. The summed E-state index contributed by atoms with van der Waals surface area (Å²) in [5, 5.41) is 0. The van der Waals surface area contributed by atoms with Crippen LogP contribution in [0.5, 0.6) is 0 Å². The molecule has 1 atom stereocenters. The number of rotatable bonds is 3. The van der Waals surface area contributed by atoms with Gasteiger partial charge in [-0.2, -0.15) is 0 Å². The van der Waals surface area contributed by atoms with Gasteiger partial charge < -0.3 is 14.5 Å². The molecule has 0 bridgehead atoms. The maximum absolute atomic E-state index is 15.4. The quantitative estimate of drug-likeness (QED) is 0.491. The topological polar surface area (TPSA) is 53.1 Å². The summed E-state index contributed by atoms with van der Waals surface area (Å²) in [7, 11) is 0. The lowest BCUT2D eigenvalue weighted by molar-refractivity contribution is -0.128. The largest absolute Gasteiger partial charge is 0.444 e. The molecule has 6 nitrogen and oxygen atoms in total. The number of likely N-dealkylation sites (tertiary alicyclic amines) is 2. The van der Waals surface area contributed by atoms with Crippen molar-refractivity contribution >= 4 is 17.7 Å². The van der Waals surface area contributed by atoms with E-state index in [1.807, 2.05) is 32.9 Å². The molecule has 0 radical (unpaired) electrons. The van der Waals surface area contributed by atoms with Crippen molar-refractivity contribution < 1.29 is 18.7 Å². The van der Waals surface area contributed by atoms with E-state index in [4.69, 9.17) is 4.74 Å². The minimum absolute atomic E-state index is 0.00299. The highest BCUT2D eigenvalue weighted by Crippen LogP contribution is 2.44. The second kappa shape index (κ2) is 10.2. The van der Waals surface area contributed by atoms with E-state index in [-0.39, 0.29) is 17.8 Å². The second-order valence-electron chi connectivity index (χ2n) is 12.9. The Kier molecular flexibility index (Phi) is 7.29. The highest BCUT2D eigenvalue weighted by Gasteiger charge is 2.49. The van der Waals surface area contributed by atoms with Gasteiger partial charge in [0.05, 0.1) is 11.1 Å². The van der Waals surface area contributed by atoms with Gasteiger partial charge in [-0.3, -0.25) is 9.69 Å². The molecule has 1 aromatic carbocycles. The Labute approximate surface area is 221 Å². The molecule has 37 heavy (non-hydrogen) atoms. The van der Waals surface area contributed by atoms with Crippen molar-refractivity contribution in [2.45, 2.75) is 109 Å². The van der Waals surface area contributed by atoms with Crippen LogP contribution in [0.25, 0.3) is 0 Å². The molecule has 3 saturated heterocycles. The van der Waals surface area contributed by atoms with Gasteiger partial charge in [-0.1, -0.05) is 6.07 Å². The smallest absolute Gasteiger partial charge is 0.410 e. The fraction of sp³-hybridized carbons (Fsp3) is 0.733. The molecule has 3 heterocycles. The Morgan fingerprint density at radius 3 is 2.27 bits per heavy atom. The van der Waals surface area contributed by atoms with E-state index in [0.717, 1.165) is 18.4 Å². The molecule has 2 amide bonds. The van der Waals surface area contributed by atoms with E-state index in [0.29, 0.717) is 62.6 Å². The van der Waals surface area contributed by atoms with Crippen LogP contribution in [-0.2, 0) is 9.53 Å². The first kappa shape index (κ1) is 26.5. The lowest BCUT2D eigenvalue weighted by atomic mass is 9.77. The Hall–Kier alpha value is -2.15. The number of anilines is 1. The number of hydrogen-bond acceptors (Lipinski definition) is 4. The highest BCUT2D eigenvalue weighted by atomic mass is 19.1. The van der Waals surface area contributed by atoms with Gasteiger partial charge in [-0.05, 0) is 116 Å². The van der Waals surface area contributed by atoms with Crippen molar-refractivity contribution in [2.24, 2.45) is 5.41 Å². The number of nitrogens with zero attached hydrogens (tertiary/aromatic N) is 3. The van der Waals surface area contributed by atoms with Gasteiger partial charge in [0, 0.05) is 31.7 Å². The average molecular weight is 514 g/mol. The summed E-state index contributed by atoms with van der Waals surface area (Å²) in [6.45, 7) is 10.7. The van der Waals surface area contributed by atoms with Crippen LogP contribution in [0.2, 0.25) is 0 Å². The van der Waals surface area contributed by atoms with Crippen LogP contribution in [0.1, 0.15) is 97.0 Å². The molecule has 4 aliphatic rings. The molecule has 0 N–H and O–H groups in total. The van der Waals surface area contributed by atoms with Gasteiger partial charge in [-0.25, -0.2) is 9.18 Å². The first-order chi connectivity index (χ1) is 17.6. The van der Waals surface area contributed by atoms with Crippen molar-refractivity contribution in [2.75, 3.05) is 31.1 Å². The fourth-order valence-electron chi connectivity index (χ4n) is 7.19. The normalized spacial score (nSPS) is 28.8. The van der Waals surface area contributed by atoms with Crippen LogP contribution in [0.4, 0.5) is 14.9 Å². The standard InChI is InChI=1S/C30H44FN3O3/c1-21-6-5-16-33(21)24-10-7-22(8-11-24)23-9-12-26(25(31)20-23)34-19-15-30(27(34)35)13-17-32(18-14-30)28(36)37-29(2,3)4/h9,12,20-22,24H,5-8,10-11,13-19H2,1-4H3/t21-,22?,24?/m1/s1. The van der Waals surface area contributed by atoms with E-state index in [2.05, 4.69) is 11.8 Å². The van der Waals surface area contributed by atoms with Gasteiger partial charge in [0.1, 0.15) is 11.4 Å². The number of ether oxygens (including phenoxy) is 1. The third-order valence-electron chi connectivity index (χ3n) is 9.39. The zero-order valence-corrected chi connectivity index (χ0v) is 23.1. The molecular weight excluding hydrogens is 469 g/mol. The molecule has 204 valence electrons. The first-order valence-corrected chi connectivity index (χ1v) is 14.4. The maximum atomic E-state index is 15.4. The SMILES string of the molecule is C[C@@H]1CCCN1C1CCC(c2ccc(N3CCC4(CCN(C(=O)OC(C)(C)C)CC4)C3=O)c(F)c2)CC1. The van der Waals surface area contributed by atoms with E-state index in [9.17, 15) is 9.59 Å². The monoisotopic (exact) mass is 513 g/mol. The lowest BCUT2D eigenvalue weighted by Crippen LogP contribution is -2.48. The predicted octanol–water partition coefficient (Wildman–Crippen LogP) is 6.09. The fourth-order valence-corrected chi connectivity index (χ4v) is 7.19. The zero-order valence-electron chi connectivity index (χ0n) is 23.1. The van der Waals surface area contributed by atoms with Crippen LogP contribution in [-0.4, -0.2) is 65.7 Å². The predicted molar refractivity (Wildman–Crippen MR) is 143 cm³/mol. The van der Waals surface area contributed by atoms with Crippen molar-refractivity contribution in [3.8, 4) is 0 Å². The number of carbonyl (C=O) groups is 2. The summed E-state index contributed by atoms with van der Waals surface area (Å²) in [5.41, 5.74) is 0.428. The van der Waals surface area contributed by atoms with E-state index >= 15 is 4.39 Å². The molecule has 0 aromatic heterocycles. The summed E-state index contributed by atoms with van der Waals surface area (Å²) in [4.78, 5) is 32.0. The zero-order chi connectivity index (χ0) is 26.4. The molecule has 1 spiro atoms. The van der Waals surface area contributed by atoms with Crippen LogP contribution < -0.4 is 4.90 Å². The number of hydrogen-bond donors (Lipinski definition) is 0. The maximum Gasteiger partial charge on any atom is 0.410 e. The van der Waals surface area contributed by atoms with Crippen molar-refractivity contribution in [3.63, 3.8) is 0 Å². The molecule has 3 aliphatic heterocycles. The number of halogens is 1. The molecule has 5 rings (SSSR count). The van der Waals surface area contributed by atoms with Gasteiger partial charge >= 0.3 is 6.09 Å². The van der Waals surface area contributed by atoms with Gasteiger partial charge in [-0.15, -0.1) is 0 Å². The number of benzene rings is 1. The van der Waals surface area contributed by atoms with Crippen LogP contribution in [0, 0.1) is 11.2 Å². The van der Waals surface area contributed by atoms with E-state index in [1.54, 1.807) is 15.9 Å². The average Bonchev–Trinajstić information content (AvgIpc) is 3.42. The summed E-state index contributed by atoms with van der Waals surface area (Å²) >= 11 is 0. The highest BCUT2D eigenvalue weighted by molar-refractivity contribution is 6.00.